The molecular weight excluding hydrogens is 386 g/mol. The number of amides is 3. The van der Waals surface area contributed by atoms with Gasteiger partial charge in [0.2, 0.25) is 0 Å². The fourth-order valence-electron chi connectivity index (χ4n) is 3.64. The molecule has 0 aromatic heterocycles. The summed E-state index contributed by atoms with van der Waals surface area (Å²) in [6, 6.07) is 14.1. The van der Waals surface area contributed by atoms with Gasteiger partial charge < -0.3 is 20.1 Å². The van der Waals surface area contributed by atoms with Crippen LogP contribution in [0.25, 0.3) is 0 Å². The first-order chi connectivity index (χ1) is 14.5. The lowest BCUT2D eigenvalue weighted by Crippen LogP contribution is -2.41. The lowest BCUT2D eigenvalue weighted by atomic mass is 10.1. The molecule has 0 radical (unpaired) electrons. The maximum Gasteiger partial charge on any atom is 0.261 e. The Kier molecular flexibility index (Phi) is 5.78. The van der Waals surface area contributed by atoms with Gasteiger partial charge in [-0.05, 0) is 42.8 Å². The summed E-state index contributed by atoms with van der Waals surface area (Å²) in [6.07, 6.45) is -0.457. The molecule has 1 atom stereocenters. The van der Waals surface area contributed by atoms with Crippen LogP contribution in [0.4, 0.5) is 11.4 Å². The summed E-state index contributed by atoms with van der Waals surface area (Å²) in [5.41, 5.74) is 2.44. The molecule has 8 heteroatoms. The van der Waals surface area contributed by atoms with E-state index in [1.165, 1.54) is 0 Å². The van der Waals surface area contributed by atoms with Crippen LogP contribution in [-0.4, -0.2) is 66.7 Å². The minimum Gasteiger partial charge on any atom is -0.391 e. The number of morpholine rings is 1. The van der Waals surface area contributed by atoms with E-state index in [0.29, 0.717) is 37.2 Å². The molecule has 4 rings (SSSR count). The summed E-state index contributed by atoms with van der Waals surface area (Å²) < 4.78 is 5.14. The molecular formula is C22H23N3O5. The van der Waals surface area contributed by atoms with Crippen molar-refractivity contribution in [2.45, 2.75) is 12.5 Å². The lowest BCUT2D eigenvalue weighted by Gasteiger charge is -2.27. The standard InChI is InChI=1S/C22H23N3O5/c26-17(13-25-21(28)18-3-1-2-4-19(18)22(25)29)9-10-23-15-5-7-16(8-6-15)24-11-12-30-14-20(24)27/h1-8,17,23,26H,9-14H2/t17-/m0/s1. The summed E-state index contributed by atoms with van der Waals surface area (Å²) in [4.78, 5) is 39.4. The Balaban J connectivity index is 1.26. The molecule has 2 heterocycles. The van der Waals surface area contributed by atoms with Gasteiger partial charge in [-0.1, -0.05) is 12.1 Å². The average Bonchev–Trinajstić information content (AvgIpc) is 3.00. The molecule has 1 saturated heterocycles. The monoisotopic (exact) mass is 409 g/mol. The number of imide groups is 1. The predicted octanol–water partition coefficient (Wildman–Crippen LogP) is 1.51. The lowest BCUT2D eigenvalue weighted by molar-refractivity contribution is -0.125. The number of nitrogens with one attached hydrogen (secondary N) is 1. The van der Waals surface area contributed by atoms with Crippen molar-refractivity contribution in [1.29, 1.82) is 0 Å². The van der Waals surface area contributed by atoms with Crippen molar-refractivity contribution in [2.75, 3.05) is 43.1 Å². The van der Waals surface area contributed by atoms with Gasteiger partial charge in [0.25, 0.3) is 17.7 Å². The van der Waals surface area contributed by atoms with E-state index in [1.54, 1.807) is 29.2 Å². The number of β-amino-alcohol motifs (C(OH)–C–C–N with tert-alkyl or cyclic N) is 1. The first-order valence-corrected chi connectivity index (χ1v) is 9.90. The van der Waals surface area contributed by atoms with Crippen LogP contribution in [0.3, 0.4) is 0 Å². The second kappa shape index (κ2) is 8.64. The van der Waals surface area contributed by atoms with Crippen LogP contribution in [0, 0.1) is 0 Å². The van der Waals surface area contributed by atoms with Crippen molar-refractivity contribution in [3.8, 4) is 0 Å². The third kappa shape index (κ3) is 4.05. The topological polar surface area (TPSA) is 99.2 Å². The number of carbonyl (C=O) groups is 3. The Labute approximate surface area is 174 Å². The highest BCUT2D eigenvalue weighted by Crippen LogP contribution is 2.23. The third-order valence-corrected chi connectivity index (χ3v) is 5.24. The van der Waals surface area contributed by atoms with Crippen LogP contribution in [-0.2, 0) is 9.53 Å². The van der Waals surface area contributed by atoms with Crippen molar-refractivity contribution in [1.82, 2.24) is 4.90 Å². The maximum absolute atomic E-state index is 12.4. The second-order valence-electron chi connectivity index (χ2n) is 7.28. The van der Waals surface area contributed by atoms with Gasteiger partial charge in [0.05, 0.1) is 30.4 Å². The van der Waals surface area contributed by atoms with E-state index in [2.05, 4.69) is 5.32 Å². The second-order valence-corrected chi connectivity index (χ2v) is 7.28. The van der Waals surface area contributed by atoms with E-state index in [4.69, 9.17) is 4.74 Å². The van der Waals surface area contributed by atoms with E-state index < -0.39 is 6.10 Å². The highest BCUT2D eigenvalue weighted by Gasteiger charge is 2.35. The number of rotatable bonds is 7. The third-order valence-electron chi connectivity index (χ3n) is 5.24. The molecule has 0 spiro atoms. The van der Waals surface area contributed by atoms with Crippen LogP contribution >= 0.6 is 0 Å². The number of nitrogens with zero attached hydrogens (tertiary/aromatic N) is 2. The number of anilines is 2. The van der Waals surface area contributed by atoms with E-state index in [0.717, 1.165) is 16.3 Å². The van der Waals surface area contributed by atoms with Crippen molar-refractivity contribution >= 4 is 29.1 Å². The van der Waals surface area contributed by atoms with Gasteiger partial charge in [0, 0.05) is 24.5 Å². The van der Waals surface area contributed by atoms with Gasteiger partial charge in [-0.25, -0.2) is 0 Å². The van der Waals surface area contributed by atoms with Gasteiger partial charge in [-0.3, -0.25) is 19.3 Å². The van der Waals surface area contributed by atoms with Crippen LogP contribution in [0.1, 0.15) is 27.1 Å². The quantitative estimate of drug-likeness (QED) is 0.673. The van der Waals surface area contributed by atoms with Crippen molar-refractivity contribution in [2.24, 2.45) is 0 Å². The number of hydrogen-bond donors (Lipinski definition) is 2. The van der Waals surface area contributed by atoms with Crippen LogP contribution in [0.15, 0.2) is 48.5 Å². The molecule has 8 nitrogen and oxygen atoms in total. The Morgan fingerprint density at radius 1 is 1.00 bits per heavy atom. The number of ether oxygens (including phenoxy) is 1. The molecule has 156 valence electrons. The van der Waals surface area contributed by atoms with Crippen molar-refractivity contribution in [3.63, 3.8) is 0 Å². The largest absolute Gasteiger partial charge is 0.391 e. The Hall–Kier alpha value is -3.23. The van der Waals surface area contributed by atoms with E-state index in [9.17, 15) is 19.5 Å². The first-order valence-electron chi connectivity index (χ1n) is 9.90. The molecule has 0 saturated carbocycles. The molecule has 2 N–H and O–H groups in total. The van der Waals surface area contributed by atoms with Crippen LogP contribution in [0.5, 0.6) is 0 Å². The molecule has 0 unspecified atom stereocenters. The maximum atomic E-state index is 12.4. The van der Waals surface area contributed by atoms with Crippen molar-refractivity contribution < 1.29 is 24.2 Å². The van der Waals surface area contributed by atoms with E-state index >= 15 is 0 Å². The molecule has 3 amide bonds. The number of hydrogen-bond acceptors (Lipinski definition) is 6. The Morgan fingerprint density at radius 2 is 1.67 bits per heavy atom. The minimum absolute atomic E-state index is 0.0356. The zero-order valence-electron chi connectivity index (χ0n) is 16.4. The van der Waals surface area contributed by atoms with E-state index in [-0.39, 0.29) is 30.9 Å². The molecule has 2 aromatic carbocycles. The molecule has 2 aliphatic heterocycles. The number of fused-ring (bicyclic) bond motifs is 1. The summed E-state index contributed by atoms with van der Waals surface area (Å²) in [5.74, 6) is -0.787. The molecule has 0 aliphatic carbocycles. The highest BCUT2D eigenvalue weighted by molar-refractivity contribution is 6.21. The van der Waals surface area contributed by atoms with Crippen LogP contribution in [0.2, 0.25) is 0 Å². The smallest absolute Gasteiger partial charge is 0.261 e. The minimum atomic E-state index is -0.829. The SMILES string of the molecule is O=C1c2ccccc2C(=O)N1C[C@@H](O)CCNc1ccc(N2CCOCC2=O)cc1. The molecule has 2 aliphatic rings. The van der Waals surface area contributed by atoms with Gasteiger partial charge in [-0.2, -0.15) is 0 Å². The van der Waals surface area contributed by atoms with Gasteiger partial charge in [0.15, 0.2) is 0 Å². The van der Waals surface area contributed by atoms with E-state index in [1.807, 2.05) is 24.3 Å². The van der Waals surface area contributed by atoms with Crippen molar-refractivity contribution in [3.05, 3.63) is 59.7 Å². The summed E-state index contributed by atoms with van der Waals surface area (Å²) >= 11 is 0. The molecule has 1 fully saturated rings. The normalized spacial score (nSPS) is 17.3. The molecule has 30 heavy (non-hydrogen) atoms. The summed E-state index contributed by atoms with van der Waals surface area (Å²) in [7, 11) is 0. The number of carbonyl (C=O) groups excluding carboxylic acids is 3. The average molecular weight is 409 g/mol. The zero-order valence-corrected chi connectivity index (χ0v) is 16.4. The first kappa shape index (κ1) is 20.1. The number of aliphatic hydroxyl groups excluding tert-OH is 1. The summed E-state index contributed by atoms with van der Waals surface area (Å²) in [6.45, 7) is 1.60. The van der Waals surface area contributed by atoms with Gasteiger partial charge in [0.1, 0.15) is 6.61 Å². The molecule has 2 aromatic rings. The summed E-state index contributed by atoms with van der Waals surface area (Å²) in [5, 5.41) is 13.5. The van der Waals surface area contributed by atoms with Crippen LogP contribution < -0.4 is 10.2 Å². The van der Waals surface area contributed by atoms with Gasteiger partial charge in [-0.15, -0.1) is 0 Å². The van der Waals surface area contributed by atoms with Gasteiger partial charge >= 0.3 is 0 Å². The fraction of sp³-hybridized carbons (Fsp3) is 0.318. The number of aliphatic hydroxyl groups is 1. The molecule has 0 bridgehead atoms. The zero-order chi connectivity index (χ0) is 21.1. The number of benzene rings is 2. The Bertz CT molecular complexity index is 925. The Morgan fingerprint density at radius 3 is 2.30 bits per heavy atom. The fourth-order valence-corrected chi connectivity index (χ4v) is 3.64. The predicted molar refractivity (Wildman–Crippen MR) is 111 cm³/mol. The highest BCUT2D eigenvalue weighted by atomic mass is 16.5.